The molecular weight excluding hydrogens is 384 g/mol. The fourth-order valence-electron chi connectivity index (χ4n) is 5.06. The van der Waals surface area contributed by atoms with Crippen molar-refractivity contribution < 1.29 is 0 Å². The maximum atomic E-state index is 2.40. The Hall–Kier alpha value is -3.90. The number of hydrogen-bond acceptors (Lipinski definition) is 0. The highest BCUT2D eigenvalue weighted by atomic mass is 14.2. The number of benzene rings is 6. The molecule has 0 amide bonds. The smallest absolute Gasteiger partial charge is 0.00962 e. The molecule has 0 fully saturated rings. The second-order valence-electron chi connectivity index (χ2n) is 8.44. The van der Waals surface area contributed by atoms with Crippen molar-refractivity contribution >= 4 is 32.3 Å². The molecule has 0 saturated carbocycles. The van der Waals surface area contributed by atoms with Gasteiger partial charge in [-0.05, 0) is 72.6 Å². The van der Waals surface area contributed by atoms with E-state index in [9.17, 15) is 0 Å². The van der Waals surface area contributed by atoms with E-state index >= 15 is 0 Å². The lowest BCUT2D eigenvalue weighted by Gasteiger charge is -2.15. The largest absolute Gasteiger partial charge is 0.0616 e. The molecular formula is C32H24. The molecule has 6 aromatic carbocycles. The number of aryl methyl sites for hydroxylation is 1. The van der Waals surface area contributed by atoms with Gasteiger partial charge in [-0.1, -0.05) is 116 Å². The van der Waals surface area contributed by atoms with Gasteiger partial charge in [0.05, 0.1) is 0 Å². The highest BCUT2D eigenvalue weighted by molar-refractivity contribution is 6.08. The minimum atomic E-state index is 1.03. The molecule has 6 rings (SSSR count). The van der Waals surface area contributed by atoms with Crippen molar-refractivity contribution in [3.63, 3.8) is 0 Å². The molecule has 0 unspecified atom stereocenters. The predicted molar refractivity (Wildman–Crippen MR) is 139 cm³/mol. The summed E-state index contributed by atoms with van der Waals surface area (Å²) in [4.78, 5) is 0. The van der Waals surface area contributed by atoms with Crippen molar-refractivity contribution in [1.82, 2.24) is 0 Å². The van der Waals surface area contributed by atoms with E-state index in [0.29, 0.717) is 0 Å². The van der Waals surface area contributed by atoms with Crippen LogP contribution in [-0.2, 0) is 6.42 Å². The molecule has 0 spiro atoms. The Morgan fingerprint density at radius 3 is 1.75 bits per heavy atom. The van der Waals surface area contributed by atoms with Crippen LogP contribution in [0.15, 0.2) is 115 Å². The fraction of sp³-hybridized carbons (Fsp3) is 0.0625. The van der Waals surface area contributed by atoms with Gasteiger partial charge < -0.3 is 0 Å². The molecule has 0 atom stereocenters. The van der Waals surface area contributed by atoms with Crippen LogP contribution in [0.2, 0.25) is 0 Å². The lowest BCUT2D eigenvalue weighted by molar-refractivity contribution is 1.16. The summed E-state index contributed by atoms with van der Waals surface area (Å²) < 4.78 is 0. The van der Waals surface area contributed by atoms with Crippen LogP contribution in [-0.4, -0.2) is 0 Å². The van der Waals surface area contributed by atoms with Crippen LogP contribution >= 0.6 is 0 Å². The van der Waals surface area contributed by atoms with E-state index in [1.807, 2.05) is 0 Å². The van der Waals surface area contributed by atoms with Gasteiger partial charge in [-0.15, -0.1) is 0 Å². The van der Waals surface area contributed by atoms with E-state index < -0.39 is 0 Å². The van der Waals surface area contributed by atoms with Crippen LogP contribution in [0.4, 0.5) is 0 Å². The van der Waals surface area contributed by atoms with Gasteiger partial charge in [-0.2, -0.15) is 0 Å². The Kier molecular flexibility index (Phi) is 4.51. The Labute approximate surface area is 188 Å². The van der Waals surface area contributed by atoms with Crippen LogP contribution < -0.4 is 0 Å². The van der Waals surface area contributed by atoms with Gasteiger partial charge in [0.2, 0.25) is 0 Å². The van der Waals surface area contributed by atoms with Gasteiger partial charge in [0.25, 0.3) is 0 Å². The summed E-state index contributed by atoms with van der Waals surface area (Å²) >= 11 is 0. The first kappa shape index (κ1) is 18.8. The molecule has 0 bridgehead atoms. The third-order valence-electron chi connectivity index (χ3n) is 6.67. The second-order valence-corrected chi connectivity index (χ2v) is 8.44. The average molecular weight is 409 g/mol. The monoisotopic (exact) mass is 408 g/mol. The topological polar surface area (TPSA) is 0 Å². The zero-order chi connectivity index (χ0) is 21.5. The molecule has 32 heavy (non-hydrogen) atoms. The summed E-state index contributed by atoms with van der Waals surface area (Å²) in [6.45, 7) is 2.24. The number of rotatable bonds is 3. The zero-order valence-electron chi connectivity index (χ0n) is 18.2. The Morgan fingerprint density at radius 1 is 0.438 bits per heavy atom. The van der Waals surface area contributed by atoms with E-state index in [4.69, 9.17) is 0 Å². The van der Waals surface area contributed by atoms with E-state index in [0.717, 1.165) is 6.42 Å². The minimum absolute atomic E-state index is 1.03. The van der Waals surface area contributed by atoms with Crippen LogP contribution in [0.1, 0.15) is 12.5 Å². The van der Waals surface area contributed by atoms with Crippen LogP contribution in [0, 0.1) is 0 Å². The predicted octanol–water partition coefficient (Wildman–Crippen LogP) is 9.04. The molecule has 0 aliphatic carbocycles. The molecule has 0 heterocycles. The van der Waals surface area contributed by atoms with Gasteiger partial charge in [0, 0.05) is 0 Å². The normalized spacial score (nSPS) is 11.4. The summed E-state index contributed by atoms with van der Waals surface area (Å²) in [7, 11) is 0. The summed E-state index contributed by atoms with van der Waals surface area (Å²) in [5, 5.41) is 7.83. The van der Waals surface area contributed by atoms with E-state index in [-0.39, 0.29) is 0 Å². The minimum Gasteiger partial charge on any atom is -0.0616 e. The highest BCUT2D eigenvalue weighted by Crippen LogP contribution is 2.38. The zero-order valence-corrected chi connectivity index (χ0v) is 18.2. The summed E-state index contributed by atoms with van der Waals surface area (Å²) in [6, 6.07) is 42.2. The number of fused-ring (bicyclic) bond motifs is 3. The maximum absolute atomic E-state index is 2.40. The summed E-state index contributed by atoms with van der Waals surface area (Å²) in [6.07, 6.45) is 1.03. The van der Waals surface area contributed by atoms with Crippen molar-refractivity contribution in [2.24, 2.45) is 0 Å². The van der Waals surface area contributed by atoms with Gasteiger partial charge in [0.1, 0.15) is 0 Å². The molecule has 0 aliphatic rings. The van der Waals surface area contributed by atoms with Gasteiger partial charge in [-0.3, -0.25) is 0 Å². The first-order chi connectivity index (χ1) is 15.8. The quantitative estimate of drug-likeness (QED) is 0.274. The van der Waals surface area contributed by atoms with Crippen molar-refractivity contribution in [3.8, 4) is 22.3 Å². The summed E-state index contributed by atoms with van der Waals surface area (Å²) in [5.74, 6) is 0. The van der Waals surface area contributed by atoms with Crippen molar-refractivity contribution in [3.05, 3.63) is 121 Å². The molecule has 0 nitrogen and oxygen atoms in total. The van der Waals surface area contributed by atoms with Gasteiger partial charge in [0.15, 0.2) is 0 Å². The van der Waals surface area contributed by atoms with Gasteiger partial charge in [-0.25, -0.2) is 0 Å². The Balaban J connectivity index is 1.67. The second kappa shape index (κ2) is 7.66. The molecule has 0 radical (unpaired) electrons. The van der Waals surface area contributed by atoms with Gasteiger partial charge >= 0.3 is 0 Å². The molecule has 6 aromatic rings. The molecule has 152 valence electrons. The standard InChI is InChI=1S/C32H24/c1-2-22-17-20-31(30-16-8-12-24-10-4-6-14-27(24)30)32-21-25(18-19-29(22)32)28-15-7-11-23-9-3-5-13-26(23)28/h3-21H,2H2,1H3. The Bertz CT molecular complexity index is 1590. The first-order valence-electron chi connectivity index (χ1n) is 11.4. The molecule has 0 aromatic heterocycles. The molecule has 0 saturated heterocycles. The first-order valence-corrected chi connectivity index (χ1v) is 11.4. The molecule has 0 N–H and O–H groups in total. The third-order valence-corrected chi connectivity index (χ3v) is 6.67. The highest BCUT2D eigenvalue weighted by Gasteiger charge is 2.12. The summed E-state index contributed by atoms with van der Waals surface area (Å²) in [5.41, 5.74) is 6.55. The van der Waals surface area contributed by atoms with E-state index in [2.05, 4.69) is 122 Å². The van der Waals surface area contributed by atoms with Crippen molar-refractivity contribution in [2.75, 3.05) is 0 Å². The lowest BCUT2D eigenvalue weighted by atomic mass is 9.89. The lowest BCUT2D eigenvalue weighted by Crippen LogP contribution is -1.90. The van der Waals surface area contributed by atoms with Crippen molar-refractivity contribution in [1.29, 1.82) is 0 Å². The van der Waals surface area contributed by atoms with Crippen LogP contribution in [0.25, 0.3) is 54.6 Å². The van der Waals surface area contributed by atoms with E-state index in [1.54, 1.807) is 0 Å². The SMILES string of the molecule is CCc1ccc(-c2cccc3ccccc23)c2cc(-c3cccc4ccccc34)ccc12. The van der Waals surface area contributed by atoms with Crippen LogP contribution in [0.3, 0.4) is 0 Å². The number of hydrogen-bond donors (Lipinski definition) is 0. The molecule has 0 heteroatoms. The van der Waals surface area contributed by atoms with E-state index in [1.165, 1.54) is 60.1 Å². The Morgan fingerprint density at radius 2 is 1.03 bits per heavy atom. The average Bonchev–Trinajstić information content (AvgIpc) is 2.87. The maximum Gasteiger partial charge on any atom is -0.00962 e. The van der Waals surface area contributed by atoms with Crippen molar-refractivity contribution in [2.45, 2.75) is 13.3 Å². The van der Waals surface area contributed by atoms with Crippen LogP contribution in [0.5, 0.6) is 0 Å². The fourth-order valence-corrected chi connectivity index (χ4v) is 5.06. The molecule has 0 aliphatic heterocycles. The third kappa shape index (κ3) is 2.99.